The van der Waals surface area contributed by atoms with Gasteiger partial charge in [0.15, 0.2) is 0 Å². The van der Waals surface area contributed by atoms with E-state index in [1.54, 1.807) is 0 Å². The van der Waals surface area contributed by atoms with Crippen molar-refractivity contribution in [1.29, 1.82) is 0 Å². The van der Waals surface area contributed by atoms with E-state index in [-0.39, 0.29) is 0 Å². The molecule has 112 valence electrons. The lowest BCUT2D eigenvalue weighted by molar-refractivity contribution is 0.332. The van der Waals surface area contributed by atoms with E-state index in [4.69, 9.17) is 9.47 Å². The topological polar surface area (TPSA) is 43.4 Å². The molecule has 0 saturated carbocycles. The van der Waals surface area contributed by atoms with Gasteiger partial charge in [-0.1, -0.05) is 0 Å². The first-order valence-corrected chi connectivity index (χ1v) is 7.36. The monoisotopic (exact) mass is 286 g/mol. The summed E-state index contributed by atoms with van der Waals surface area (Å²) >= 11 is 0. The van der Waals surface area contributed by atoms with Gasteiger partial charge in [0.25, 0.3) is 0 Å². The molecule has 1 heterocycles. The van der Waals surface area contributed by atoms with Crippen molar-refractivity contribution in [2.45, 2.75) is 20.3 Å². The van der Waals surface area contributed by atoms with Gasteiger partial charge < -0.3 is 14.8 Å². The largest absolute Gasteiger partial charge is 0.494 e. The Morgan fingerprint density at radius 3 is 2.48 bits per heavy atom. The van der Waals surface area contributed by atoms with Crippen molar-refractivity contribution in [2.75, 3.05) is 25.1 Å². The molecule has 1 aromatic carbocycles. The highest BCUT2D eigenvalue weighted by Gasteiger charge is 2.05. The molecule has 0 amide bonds. The molecule has 0 spiro atoms. The van der Waals surface area contributed by atoms with E-state index in [2.05, 4.69) is 10.3 Å². The van der Waals surface area contributed by atoms with Gasteiger partial charge in [-0.15, -0.1) is 0 Å². The first kappa shape index (κ1) is 15.2. The summed E-state index contributed by atoms with van der Waals surface area (Å²) in [7, 11) is 0. The smallest absolute Gasteiger partial charge is 0.142 e. The number of hydrogen-bond acceptors (Lipinski definition) is 4. The summed E-state index contributed by atoms with van der Waals surface area (Å²) in [5.41, 5.74) is 2.23. The maximum atomic E-state index is 5.64. The highest BCUT2D eigenvalue weighted by atomic mass is 16.5. The van der Waals surface area contributed by atoms with Crippen LogP contribution in [0.3, 0.4) is 0 Å². The van der Waals surface area contributed by atoms with Crippen molar-refractivity contribution in [3.05, 3.63) is 48.3 Å². The summed E-state index contributed by atoms with van der Waals surface area (Å²) in [5.74, 6) is 1.71. The van der Waals surface area contributed by atoms with Crippen LogP contribution in [0.4, 0.5) is 5.69 Å². The number of hydrogen-bond donors (Lipinski definition) is 1. The van der Waals surface area contributed by atoms with Gasteiger partial charge in [-0.2, -0.15) is 0 Å². The highest BCUT2D eigenvalue weighted by molar-refractivity contribution is 5.59. The minimum absolute atomic E-state index is 0.646. The van der Waals surface area contributed by atoms with Gasteiger partial charge in [-0.3, -0.25) is 4.98 Å². The van der Waals surface area contributed by atoms with Crippen molar-refractivity contribution in [3.63, 3.8) is 0 Å². The number of pyridine rings is 1. The van der Waals surface area contributed by atoms with Crippen LogP contribution in [0.5, 0.6) is 11.5 Å². The molecule has 0 aliphatic carbocycles. The molecule has 4 heteroatoms. The second-order valence-electron chi connectivity index (χ2n) is 4.56. The van der Waals surface area contributed by atoms with E-state index in [1.165, 1.54) is 5.56 Å². The molecule has 4 nitrogen and oxygen atoms in total. The Labute approximate surface area is 126 Å². The van der Waals surface area contributed by atoms with Gasteiger partial charge in [0.1, 0.15) is 11.5 Å². The summed E-state index contributed by atoms with van der Waals surface area (Å²) < 4.78 is 11.2. The molecule has 1 N–H and O–H groups in total. The summed E-state index contributed by atoms with van der Waals surface area (Å²) in [6, 6.07) is 9.93. The minimum Gasteiger partial charge on any atom is -0.494 e. The van der Waals surface area contributed by atoms with E-state index in [9.17, 15) is 0 Å². The number of nitrogens with one attached hydrogen (secondary N) is 1. The molecule has 2 aromatic rings. The lowest BCUT2D eigenvalue weighted by Gasteiger charge is -2.14. The average Bonchev–Trinajstić information content (AvgIpc) is 2.51. The highest BCUT2D eigenvalue weighted by Crippen LogP contribution is 2.29. The molecule has 21 heavy (non-hydrogen) atoms. The molecular weight excluding hydrogens is 264 g/mol. The fourth-order valence-corrected chi connectivity index (χ4v) is 2.08. The van der Waals surface area contributed by atoms with E-state index in [0.717, 1.165) is 30.2 Å². The Hall–Kier alpha value is -2.23. The molecule has 2 rings (SSSR count). The predicted molar refractivity (Wildman–Crippen MR) is 85.2 cm³/mol. The van der Waals surface area contributed by atoms with Crippen LogP contribution in [-0.2, 0) is 6.42 Å². The molecule has 0 saturated heterocycles. The lowest BCUT2D eigenvalue weighted by atomic mass is 10.2. The molecule has 0 unspecified atom stereocenters. The fourth-order valence-electron chi connectivity index (χ4n) is 2.08. The van der Waals surface area contributed by atoms with Crippen LogP contribution in [0.15, 0.2) is 42.7 Å². The second-order valence-corrected chi connectivity index (χ2v) is 4.56. The zero-order valence-corrected chi connectivity index (χ0v) is 12.6. The standard InChI is InChI=1S/C17H22N2O2/c1-3-20-15-5-6-17(21-4-2)16(13-15)19-12-9-14-7-10-18-11-8-14/h5-8,10-11,13,19H,3-4,9,12H2,1-2H3. The van der Waals surface area contributed by atoms with Crippen LogP contribution in [0.25, 0.3) is 0 Å². The third-order valence-electron chi connectivity index (χ3n) is 3.04. The predicted octanol–water partition coefficient (Wildman–Crippen LogP) is 3.53. The molecule has 0 aliphatic heterocycles. The molecule has 0 aliphatic rings. The Morgan fingerprint density at radius 1 is 1.00 bits per heavy atom. The van der Waals surface area contributed by atoms with Gasteiger partial charge in [0.05, 0.1) is 18.9 Å². The summed E-state index contributed by atoms with van der Waals surface area (Å²) in [6.07, 6.45) is 4.57. The van der Waals surface area contributed by atoms with Gasteiger partial charge in [0.2, 0.25) is 0 Å². The van der Waals surface area contributed by atoms with E-state index >= 15 is 0 Å². The van der Waals surface area contributed by atoms with E-state index in [0.29, 0.717) is 13.2 Å². The SMILES string of the molecule is CCOc1ccc(OCC)c(NCCc2ccncc2)c1. The number of ether oxygens (including phenoxy) is 2. The van der Waals surface area contributed by atoms with Crippen LogP contribution < -0.4 is 14.8 Å². The molecule has 0 fully saturated rings. The molecule has 0 atom stereocenters. The average molecular weight is 286 g/mol. The first-order valence-electron chi connectivity index (χ1n) is 7.36. The molecule has 0 bridgehead atoms. The van der Waals surface area contributed by atoms with Crippen molar-refractivity contribution >= 4 is 5.69 Å². The van der Waals surface area contributed by atoms with Crippen LogP contribution in [0.2, 0.25) is 0 Å². The van der Waals surface area contributed by atoms with Gasteiger partial charge in [-0.25, -0.2) is 0 Å². The van der Waals surface area contributed by atoms with Crippen molar-refractivity contribution in [1.82, 2.24) is 4.98 Å². The quantitative estimate of drug-likeness (QED) is 0.806. The molecular formula is C17H22N2O2. The van der Waals surface area contributed by atoms with Gasteiger partial charge in [-0.05, 0) is 50.1 Å². The normalized spacial score (nSPS) is 10.2. The Morgan fingerprint density at radius 2 is 1.76 bits per heavy atom. The van der Waals surface area contributed by atoms with E-state index in [1.807, 2.05) is 56.6 Å². The zero-order chi connectivity index (χ0) is 14.9. The van der Waals surface area contributed by atoms with Crippen molar-refractivity contribution < 1.29 is 9.47 Å². The van der Waals surface area contributed by atoms with Crippen LogP contribution in [-0.4, -0.2) is 24.7 Å². The Bertz CT molecular complexity index is 544. The zero-order valence-electron chi connectivity index (χ0n) is 12.6. The van der Waals surface area contributed by atoms with Crippen molar-refractivity contribution in [3.8, 4) is 11.5 Å². The van der Waals surface area contributed by atoms with Gasteiger partial charge in [0, 0.05) is 25.0 Å². The van der Waals surface area contributed by atoms with E-state index < -0.39 is 0 Å². The Kier molecular flexibility index (Phi) is 5.88. The third kappa shape index (κ3) is 4.67. The summed E-state index contributed by atoms with van der Waals surface area (Å²) in [6.45, 7) is 6.10. The maximum absolute atomic E-state index is 5.64. The Balaban J connectivity index is 2.00. The number of nitrogens with zero attached hydrogens (tertiary/aromatic N) is 1. The number of benzene rings is 1. The van der Waals surface area contributed by atoms with Crippen molar-refractivity contribution in [2.24, 2.45) is 0 Å². The van der Waals surface area contributed by atoms with Gasteiger partial charge >= 0.3 is 0 Å². The molecule has 0 radical (unpaired) electrons. The third-order valence-corrected chi connectivity index (χ3v) is 3.04. The number of anilines is 1. The second kappa shape index (κ2) is 8.15. The summed E-state index contributed by atoms with van der Waals surface area (Å²) in [4.78, 5) is 4.03. The number of aromatic nitrogens is 1. The minimum atomic E-state index is 0.646. The fraction of sp³-hybridized carbons (Fsp3) is 0.353. The van der Waals surface area contributed by atoms with Crippen LogP contribution in [0.1, 0.15) is 19.4 Å². The maximum Gasteiger partial charge on any atom is 0.142 e. The lowest BCUT2D eigenvalue weighted by Crippen LogP contribution is -2.07. The first-order chi connectivity index (χ1) is 10.3. The van der Waals surface area contributed by atoms with Crippen LogP contribution >= 0.6 is 0 Å². The summed E-state index contributed by atoms with van der Waals surface area (Å²) in [5, 5.41) is 3.42. The number of rotatable bonds is 8. The van der Waals surface area contributed by atoms with Crippen LogP contribution in [0, 0.1) is 0 Å². The molecule has 1 aromatic heterocycles.